The third-order valence-electron chi connectivity index (χ3n) is 5.59. The van der Waals surface area contributed by atoms with E-state index in [1.54, 1.807) is 24.4 Å². The van der Waals surface area contributed by atoms with E-state index in [4.69, 9.17) is 15.7 Å². The monoisotopic (exact) mass is 412 g/mol. The van der Waals surface area contributed by atoms with E-state index in [1.807, 2.05) is 42.5 Å². The molecule has 31 heavy (non-hydrogen) atoms. The van der Waals surface area contributed by atoms with Gasteiger partial charge in [0, 0.05) is 11.8 Å². The minimum atomic E-state index is -0.249. The SMILES string of the molecule is N#Cc1ccc(-c2cnc(N)c(C(=O)N[C@H]3CCC[C@@H]3OCc3ccccc3)c2)cc1. The number of hydrogen-bond donors (Lipinski definition) is 2. The minimum Gasteiger partial charge on any atom is -0.383 e. The molecule has 156 valence electrons. The second kappa shape index (κ2) is 9.41. The van der Waals surface area contributed by atoms with Gasteiger partial charge in [-0.05, 0) is 48.6 Å². The Bertz CT molecular complexity index is 1090. The van der Waals surface area contributed by atoms with Gasteiger partial charge in [-0.3, -0.25) is 4.79 Å². The molecule has 0 radical (unpaired) electrons. The number of anilines is 1. The fourth-order valence-corrected chi connectivity index (χ4v) is 3.87. The van der Waals surface area contributed by atoms with E-state index >= 15 is 0 Å². The highest BCUT2D eigenvalue weighted by Crippen LogP contribution is 2.26. The molecule has 0 bridgehead atoms. The van der Waals surface area contributed by atoms with Gasteiger partial charge in [0.15, 0.2) is 0 Å². The van der Waals surface area contributed by atoms with E-state index < -0.39 is 0 Å². The average Bonchev–Trinajstić information content (AvgIpc) is 3.25. The Labute approximate surface area is 181 Å². The van der Waals surface area contributed by atoms with E-state index in [1.165, 1.54) is 0 Å². The summed E-state index contributed by atoms with van der Waals surface area (Å²) in [5, 5.41) is 12.1. The number of pyridine rings is 1. The molecule has 4 rings (SSSR count). The summed E-state index contributed by atoms with van der Waals surface area (Å²) >= 11 is 0. The predicted molar refractivity (Wildman–Crippen MR) is 119 cm³/mol. The molecule has 0 saturated heterocycles. The Morgan fingerprint density at radius 3 is 2.65 bits per heavy atom. The molecule has 1 heterocycles. The zero-order chi connectivity index (χ0) is 21.6. The fourth-order valence-electron chi connectivity index (χ4n) is 3.87. The number of nitrogens with two attached hydrogens (primary N) is 1. The highest BCUT2D eigenvalue weighted by atomic mass is 16.5. The Hall–Kier alpha value is -3.69. The number of carbonyl (C=O) groups is 1. The molecular formula is C25H24N4O2. The summed E-state index contributed by atoms with van der Waals surface area (Å²) in [7, 11) is 0. The van der Waals surface area contributed by atoms with Gasteiger partial charge in [-0.2, -0.15) is 5.26 Å². The van der Waals surface area contributed by atoms with Gasteiger partial charge in [-0.1, -0.05) is 42.5 Å². The van der Waals surface area contributed by atoms with Crippen molar-refractivity contribution in [3.63, 3.8) is 0 Å². The number of carbonyl (C=O) groups excluding carboxylic acids is 1. The Morgan fingerprint density at radius 1 is 1.13 bits per heavy atom. The lowest BCUT2D eigenvalue weighted by atomic mass is 10.0. The molecule has 1 aromatic heterocycles. The average molecular weight is 412 g/mol. The number of nitrogens with zero attached hydrogens (tertiary/aromatic N) is 2. The molecule has 6 heteroatoms. The van der Waals surface area contributed by atoms with Crippen LogP contribution in [-0.2, 0) is 11.3 Å². The van der Waals surface area contributed by atoms with Gasteiger partial charge in [-0.25, -0.2) is 4.98 Å². The molecule has 0 unspecified atom stereocenters. The largest absolute Gasteiger partial charge is 0.383 e. The first kappa shape index (κ1) is 20.6. The summed E-state index contributed by atoms with van der Waals surface area (Å²) < 4.78 is 6.10. The van der Waals surface area contributed by atoms with Gasteiger partial charge < -0.3 is 15.8 Å². The molecule has 1 aliphatic rings. The second-order valence-corrected chi connectivity index (χ2v) is 7.69. The van der Waals surface area contributed by atoms with Crippen LogP contribution in [0.4, 0.5) is 5.82 Å². The van der Waals surface area contributed by atoms with Crippen molar-refractivity contribution in [2.75, 3.05) is 5.73 Å². The Morgan fingerprint density at radius 2 is 1.90 bits per heavy atom. The lowest BCUT2D eigenvalue weighted by molar-refractivity contribution is 0.0272. The number of nitrogen functional groups attached to an aromatic ring is 1. The van der Waals surface area contributed by atoms with Crippen LogP contribution in [0.3, 0.4) is 0 Å². The van der Waals surface area contributed by atoms with Crippen LogP contribution in [-0.4, -0.2) is 23.0 Å². The number of hydrogen-bond acceptors (Lipinski definition) is 5. The lowest BCUT2D eigenvalue weighted by Crippen LogP contribution is -2.41. The molecule has 0 aliphatic heterocycles. The van der Waals surface area contributed by atoms with Crippen LogP contribution in [0.5, 0.6) is 0 Å². The summed E-state index contributed by atoms with van der Waals surface area (Å²) in [6.45, 7) is 0.524. The smallest absolute Gasteiger partial charge is 0.255 e. The maximum atomic E-state index is 13.0. The van der Waals surface area contributed by atoms with Gasteiger partial charge in [0.1, 0.15) is 5.82 Å². The van der Waals surface area contributed by atoms with Crippen molar-refractivity contribution in [3.8, 4) is 17.2 Å². The zero-order valence-corrected chi connectivity index (χ0v) is 17.1. The predicted octanol–water partition coefficient (Wildman–Crippen LogP) is 4.07. The molecule has 6 nitrogen and oxygen atoms in total. The van der Waals surface area contributed by atoms with Crippen LogP contribution in [0.15, 0.2) is 66.9 Å². The first-order valence-corrected chi connectivity index (χ1v) is 10.4. The maximum absolute atomic E-state index is 13.0. The number of ether oxygens (including phenoxy) is 1. The van der Waals surface area contributed by atoms with Gasteiger partial charge in [0.2, 0.25) is 0 Å². The number of rotatable bonds is 6. The summed E-state index contributed by atoms with van der Waals surface area (Å²) in [5.41, 5.74) is 9.68. The van der Waals surface area contributed by atoms with Crippen LogP contribution in [0.2, 0.25) is 0 Å². The summed E-state index contributed by atoms with van der Waals surface area (Å²) in [5.74, 6) is -0.0599. The maximum Gasteiger partial charge on any atom is 0.255 e. The van der Waals surface area contributed by atoms with Crippen molar-refractivity contribution in [1.29, 1.82) is 5.26 Å². The van der Waals surface area contributed by atoms with E-state index in [9.17, 15) is 4.79 Å². The molecule has 2 aromatic carbocycles. The summed E-state index contributed by atoms with van der Waals surface area (Å²) in [4.78, 5) is 17.2. The fraction of sp³-hybridized carbons (Fsp3) is 0.240. The van der Waals surface area contributed by atoms with Crippen molar-refractivity contribution >= 4 is 11.7 Å². The topological polar surface area (TPSA) is 101 Å². The first-order valence-electron chi connectivity index (χ1n) is 10.4. The van der Waals surface area contributed by atoms with Gasteiger partial charge in [0.05, 0.1) is 35.9 Å². The number of amides is 1. The quantitative estimate of drug-likeness (QED) is 0.635. The lowest BCUT2D eigenvalue weighted by Gasteiger charge is -2.22. The van der Waals surface area contributed by atoms with Crippen molar-refractivity contribution in [2.45, 2.75) is 38.0 Å². The molecular weight excluding hydrogens is 388 g/mol. The van der Waals surface area contributed by atoms with Crippen molar-refractivity contribution in [1.82, 2.24) is 10.3 Å². The highest BCUT2D eigenvalue weighted by Gasteiger charge is 2.30. The molecule has 1 saturated carbocycles. The Kier molecular flexibility index (Phi) is 6.25. The number of nitrogens with one attached hydrogen (secondary N) is 1. The standard InChI is InChI=1S/C25H24N4O2/c26-14-17-9-11-19(12-10-17)20-13-21(24(27)28-15-20)25(30)29-22-7-4-8-23(22)31-16-18-5-2-1-3-6-18/h1-3,5-6,9-13,15,22-23H,4,7-8,16H2,(H2,27,28)(H,29,30)/t22-,23-/m0/s1. The van der Waals surface area contributed by atoms with Crippen molar-refractivity contribution in [3.05, 3.63) is 83.6 Å². The number of benzene rings is 2. The van der Waals surface area contributed by atoms with Crippen LogP contribution >= 0.6 is 0 Å². The van der Waals surface area contributed by atoms with E-state index in [-0.39, 0.29) is 23.9 Å². The summed E-state index contributed by atoms with van der Waals surface area (Å²) in [6.07, 6.45) is 4.39. The zero-order valence-electron chi connectivity index (χ0n) is 17.1. The van der Waals surface area contributed by atoms with Crippen LogP contribution in [0, 0.1) is 11.3 Å². The molecule has 3 aromatic rings. The van der Waals surface area contributed by atoms with Crippen LogP contribution in [0.25, 0.3) is 11.1 Å². The molecule has 2 atom stereocenters. The van der Waals surface area contributed by atoms with E-state index in [0.29, 0.717) is 17.7 Å². The van der Waals surface area contributed by atoms with E-state index in [2.05, 4.69) is 16.4 Å². The third-order valence-corrected chi connectivity index (χ3v) is 5.59. The van der Waals surface area contributed by atoms with Crippen molar-refractivity contribution < 1.29 is 9.53 Å². The number of nitriles is 1. The highest BCUT2D eigenvalue weighted by molar-refractivity contribution is 5.99. The first-order chi connectivity index (χ1) is 15.1. The normalized spacial score (nSPS) is 17.8. The van der Waals surface area contributed by atoms with Gasteiger partial charge in [0.25, 0.3) is 5.91 Å². The van der Waals surface area contributed by atoms with Crippen molar-refractivity contribution in [2.24, 2.45) is 0 Å². The molecule has 1 aliphatic carbocycles. The van der Waals surface area contributed by atoms with Gasteiger partial charge >= 0.3 is 0 Å². The summed E-state index contributed by atoms with van der Waals surface area (Å²) in [6, 6.07) is 20.9. The second-order valence-electron chi connectivity index (χ2n) is 7.69. The van der Waals surface area contributed by atoms with Crippen LogP contribution in [0.1, 0.15) is 40.7 Å². The van der Waals surface area contributed by atoms with E-state index in [0.717, 1.165) is 36.0 Å². The molecule has 0 spiro atoms. The third kappa shape index (κ3) is 4.90. The Balaban J connectivity index is 1.45. The minimum absolute atomic E-state index is 0.0277. The molecule has 1 amide bonds. The molecule has 1 fully saturated rings. The number of aromatic nitrogens is 1. The molecule has 3 N–H and O–H groups in total. The van der Waals surface area contributed by atoms with Gasteiger partial charge in [-0.15, -0.1) is 0 Å². The van der Waals surface area contributed by atoms with Crippen LogP contribution < -0.4 is 11.1 Å².